The Kier molecular flexibility index (Phi) is 4.08. The zero-order chi connectivity index (χ0) is 13.2. The highest BCUT2D eigenvalue weighted by atomic mass is 16.3. The van der Waals surface area contributed by atoms with Crippen molar-refractivity contribution in [3.63, 3.8) is 0 Å². The number of rotatable bonds is 3. The molecule has 0 radical (unpaired) electrons. The molecule has 4 heteroatoms. The van der Waals surface area contributed by atoms with Gasteiger partial charge in [-0.15, -0.1) is 0 Å². The van der Waals surface area contributed by atoms with Gasteiger partial charge >= 0.3 is 0 Å². The second-order valence-electron chi connectivity index (χ2n) is 6.44. The Morgan fingerprint density at radius 3 is 2.58 bits per heavy atom. The first-order valence-corrected chi connectivity index (χ1v) is 8.00. The van der Waals surface area contributed by atoms with Crippen molar-refractivity contribution in [1.82, 2.24) is 10.2 Å². The molecular formula is C15H26N2O2. The van der Waals surface area contributed by atoms with Crippen LogP contribution >= 0.6 is 0 Å². The van der Waals surface area contributed by atoms with Crippen LogP contribution in [-0.4, -0.2) is 46.7 Å². The van der Waals surface area contributed by atoms with E-state index in [4.69, 9.17) is 0 Å². The monoisotopic (exact) mass is 266 g/mol. The average molecular weight is 266 g/mol. The zero-order valence-electron chi connectivity index (χ0n) is 11.7. The van der Waals surface area contributed by atoms with Crippen LogP contribution in [-0.2, 0) is 4.79 Å². The van der Waals surface area contributed by atoms with Gasteiger partial charge in [-0.2, -0.15) is 0 Å². The minimum atomic E-state index is -0.314. The molecule has 0 bridgehead atoms. The van der Waals surface area contributed by atoms with Crippen molar-refractivity contribution in [2.75, 3.05) is 6.54 Å². The van der Waals surface area contributed by atoms with E-state index in [0.717, 1.165) is 45.1 Å². The van der Waals surface area contributed by atoms with Crippen molar-refractivity contribution in [3.8, 4) is 0 Å². The topological polar surface area (TPSA) is 52.6 Å². The average Bonchev–Trinajstić information content (AvgIpc) is 3.21. The van der Waals surface area contributed by atoms with Crippen LogP contribution in [0, 0.1) is 0 Å². The van der Waals surface area contributed by atoms with Gasteiger partial charge in [-0.05, 0) is 38.5 Å². The third-order valence-corrected chi connectivity index (χ3v) is 4.83. The molecule has 3 rings (SSSR count). The zero-order valence-corrected chi connectivity index (χ0v) is 11.7. The summed E-state index contributed by atoms with van der Waals surface area (Å²) in [7, 11) is 0. The maximum Gasteiger partial charge on any atom is 0.240 e. The number of aliphatic hydroxyl groups excluding tert-OH is 1. The van der Waals surface area contributed by atoms with Crippen LogP contribution in [0.3, 0.4) is 0 Å². The van der Waals surface area contributed by atoms with Crippen molar-refractivity contribution >= 4 is 5.91 Å². The molecule has 3 unspecified atom stereocenters. The molecule has 2 saturated carbocycles. The van der Waals surface area contributed by atoms with Gasteiger partial charge in [-0.3, -0.25) is 4.79 Å². The highest BCUT2D eigenvalue weighted by molar-refractivity contribution is 5.83. The predicted molar refractivity (Wildman–Crippen MR) is 73.8 cm³/mol. The third kappa shape index (κ3) is 3.11. The number of carbonyl (C=O) groups excluding carboxylic acids is 1. The van der Waals surface area contributed by atoms with Gasteiger partial charge in [0.15, 0.2) is 0 Å². The summed E-state index contributed by atoms with van der Waals surface area (Å²) in [6, 6.07) is 0.656. The minimum absolute atomic E-state index is 0.0108. The first-order valence-electron chi connectivity index (χ1n) is 8.00. The largest absolute Gasteiger partial charge is 0.391 e. The number of piperidine rings is 1. The van der Waals surface area contributed by atoms with Gasteiger partial charge in [-0.1, -0.05) is 19.3 Å². The van der Waals surface area contributed by atoms with Gasteiger partial charge in [0.2, 0.25) is 5.91 Å². The van der Waals surface area contributed by atoms with E-state index in [0.29, 0.717) is 6.04 Å². The first kappa shape index (κ1) is 13.4. The van der Waals surface area contributed by atoms with E-state index in [1.807, 2.05) is 4.90 Å². The molecule has 0 aromatic heterocycles. The fourth-order valence-electron chi connectivity index (χ4n) is 3.55. The molecule has 0 spiro atoms. The standard InChI is InChI=1S/C15H26N2O2/c18-14-7-3-1-2-6-13(14)17-10-4-5-12(15(17)19)16-11-8-9-11/h11-14,16,18H,1-10H2. The fourth-order valence-corrected chi connectivity index (χ4v) is 3.55. The quantitative estimate of drug-likeness (QED) is 0.760. The molecule has 2 aliphatic carbocycles. The summed E-state index contributed by atoms with van der Waals surface area (Å²) in [5, 5.41) is 13.8. The lowest BCUT2D eigenvalue weighted by atomic mass is 9.97. The summed E-state index contributed by atoms with van der Waals surface area (Å²) in [5.74, 6) is 0.240. The Morgan fingerprint density at radius 2 is 1.79 bits per heavy atom. The lowest BCUT2D eigenvalue weighted by Crippen LogP contribution is -2.57. The molecule has 108 valence electrons. The molecule has 1 amide bonds. The predicted octanol–water partition coefficient (Wildman–Crippen LogP) is 1.42. The minimum Gasteiger partial charge on any atom is -0.391 e. The molecular weight excluding hydrogens is 240 g/mol. The molecule has 4 nitrogen and oxygen atoms in total. The van der Waals surface area contributed by atoms with Crippen LogP contribution in [0.15, 0.2) is 0 Å². The summed E-state index contributed by atoms with van der Waals surface area (Å²) < 4.78 is 0. The lowest BCUT2D eigenvalue weighted by Gasteiger charge is -2.40. The van der Waals surface area contributed by atoms with Gasteiger partial charge in [0.1, 0.15) is 0 Å². The van der Waals surface area contributed by atoms with Crippen molar-refractivity contribution < 1.29 is 9.90 Å². The van der Waals surface area contributed by atoms with Gasteiger partial charge in [0.25, 0.3) is 0 Å². The van der Waals surface area contributed by atoms with E-state index in [2.05, 4.69) is 5.32 Å². The second-order valence-corrected chi connectivity index (χ2v) is 6.44. The van der Waals surface area contributed by atoms with E-state index < -0.39 is 0 Å². The van der Waals surface area contributed by atoms with E-state index in [1.165, 1.54) is 19.3 Å². The van der Waals surface area contributed by atoms with Crippen LogP contribution in [0.5, 0.6) is 0 Å². The third-order valence-electron chi connectivity index (χ3n) is 4.83. The molecule has 19 heavy (non-hydrogen) atoms. The van der Waals surface area contributed by atoms with Gasteiger partial charge in [-0.25, -0.2) is 0 Å². The summed E-state index contributed by atoms with van der Waals surface area (Å²) in [6.07, 6.45) is 9.43. The number of nitrogens with one attached hydrogen (secondary N) is 1. The van der Waals surface area contributed by atoms with Crippen LogP contribution in [0.2, 0.25) is 0 Å². The van der Waals surface area contributed by atoms with Crippen LogP contribution in [0.1, 0.15) is 57.8 Å². The van der Waals surface area contributed by atoms with Crippen molar-refractivity contribution in [2.45, 2.75) is 82.0 Å². The van der Waals surface area contributed by atoms with Crippen LogP contribution < -0.4 is 5.32 Å². The summed E-state index contributed by atoms with van der Waals surface area (Å²) in [4.78, 5) is 14.6. The van der Waals surface area contributed by atoms with Crippen molar-refractivity contribution in [2.24, 2.45) is 0 Å². The molecule has 1 saturated heterocycles. The molecule has 0 aromatic rings. The normalized spacial score (nSPS) is 37.2. The molecule has 3 aliphatic rings. The number of hydrogen-bond acceptors (Lipinski definition) is 3. The highest BCUT2D eigenvalue weighted by Gasteiger charge is 2.38. The molecule has 1 heterocycles. The Morgan fingerprint density at radius 1 is 1.00 bits per heavy atom. The van der Waals surface area contributed by atoms with E-state index >= 15 is 0 Å². The molecule has 1 aliphatic heterocycles. The molecule has 3 fully saturated rings. The van der Waals surface area contributed by atoms with Gasteiger partial charge in [0.05, 0.1) is 18.2 Å². The summed E-state index contributed by atoms with van der Waals surface area (Å²) in [6.45, 7) is 0.837. The van der Waals surface area contributed by atoms with Crippen molar-refractivity contribution in [3.05, 3.63) is 0 Å². The number of amides is 1. The van der Waals surface area contributed by atoms with Crippen molar-refractivity contribution in [1.29, 1.82) is 0 Å². The van der Waals surface area contributed by atoms with Crippen LogP contribution in [0.25, 0.3) is 0 Å². The number of nitrogens with zero attached hydrogens (tertiary/aromatic N) is 1. The molecule has 2 N–H and O–H groups in total. The Hall–Kier alpha value is -0.610. The highest BCUT2D eigenvalue weighted by Crippen LogP contribution is 2.27. The fraction of sp³-hybridized carbons (Fsp3) is 0.933. The Balaban J connectivity index is 1.65. The lowest BCUT2D eigenvalue weighted by molar-refractivity contribution is -0.141. The van der Waals surface area contributed by atoms with E-state index in [-0.39, 0.29) is 24.1 Å². The Labute approximate surface area is 115 Å². The number of carbonyl (C=O) groups is 1. The summed E-state index contributed by atoms with van der Waals surface area (Å²) in [5.41, 5.74) is 0. The van der Waals surface area contributed by atoms with Gasteiger partial charge in [0, 0.05) is 12.6 Å². The number of aliphatic hydroxyl groups is 1. The maximum absolute atomic E-state index is 12.6. The molecule has 0 aromatic carbocycles. The summed E-state index contributed by atoms with van der Waals surface area (Å²) >= 11 is 0. The van der Waals surface area contributed by atoms with E-state index in [9.17, 15) is 9.90 Å². The first-order chi connectivity index (χ1) is 9.25. The van der Waals surface area contributed by atoms with Gasteiger partial charge < -0.3 is 15.3 Å². The second kappa shape index (κ2) is 5.80. The maximum atomic E-state index is 12.6. The smallest absolute Gasteiger partial charge is 0.240 e. The van der Waals surface area contributed by atoms with E-state index in [1.54, 1.807) is 0 Å². The molecule has 3 atom stereocenters. The number of likely N-dealkylation sites (tertiary alicyclic amines) is 1. The Bertz CT molecular complexity index is 330. The SMILES string of the molecule is O=C1C(NC2CC2)CCCN1C1CCCCCC1O. The number of hydrogen-bond donors (Lipinski definition) is 2. The van der Waals surface area contributed by atoms with Crippen LogP contribution in [0.4, 0.5) is 0 Å².